The number of thiophene rings is 1. The molecule has 0 amide bonds. The molecule has 2 N–H and O–H groups in total. The molecule has 5 nitrogen and oxygen atoms in total. The van der Waals surface area contributed by atoms with E-state index in [2.05, 4.69) is 70.8 Å². The topological polar surface area (TPSA) is 42.9 Å². The number of aliphatic imine (C=N–C) groups is 1. The normalized spacial score (nSPS) is 18.8. The summed E-state index contributed by atoms with van der Waals surface area (Å²) in [5.74, 6) is 2.13. The Morgan fingerprint density at radius 3 is 2.37 bits per heavy atom. The summed E-state index contributed by atoms with van der Waals surface area (Å²) in [7, 11) is 4.07. The number of guanidine groups is 1. The summed E-state index contributed by atoms with van der Waals surface area (Å²) in [6, 6.07) is 4.90. The van der Waals surface area contributed by atoms with Gasteiger partial charge in [-0.25, -0.2) is 0 Å². The molecule has 1 aromatic heterocycles. The van der Waals surface area contributed by atoms with Crippen LogP contribution in [0.15, 0.2) is 22.5 Å². The first-order chi connectivity index (χ1) is 12.5. The number of hydrogen-bond acceptors (Lipinski definition) is 4. The van der Waals surface area contributed by atoms with Crippen molar-refractivity contribution in [3.8, 4) is 0 Å². The van der Waals surface area contributed by atoms with E-state index < -0.39 is 0 Å². The number of rotatable bonds is 8. The summed E-state index contributed by atoms with van der Waals surface area (Å²) in [4.78, 5) is 10.9. The summed E-state index contributed by atoms with van der Waals surface area (Å²) >= 11 is 1.84. The Morgan fingerprint density at radius 2 is 1.81 bits per heavy atom. The number of likely N-dealkylation sites (N-methyl/N-ethyl adjacent to an activating group) is 1. The molecule has 0 radical (unpaired) electrons. The van der Waals surface area contributed by atoms with E-state index in [1.807, 2.05) is 18.4 Å². The molecule has 0 aliphatic carbocycles. The van der Waals surface area contributed by atoms with Gasteiger partial charge in [0.15, 0.2) is 5.96 Å². The minimum atomic E-state index is 0. The number of nitrogens with one attached hydrogen (secondary N) is 2. The second-order valence-electron chi connectivity index (χ2n) is 7.87. The van der Waals surface area contributed by atoms with Crippen LogP contribution in [0.1, 0.15) is 25.6 Å². The van der Waals surface area contributed by atoms with Gasteiger partial charge in [0.05, 0.1) is 0 Å². The highest BCUT2D eigenvalue weighted by Crippen LogP contribution is 2.14. The van der Waals surface area contributed by atoms with Crippen molar-refractivity contribution < 1.29 is 0 Å². The van der Waals surface area contributed by atoms with Gasteiger partial charge in [-0.2, -0.15) is 0 Å². The molecule has 0 aromatic carbocycles. The van der Waals surface area contributed by atoms with Crippen molar-refractivity contribution in [1.82, 2.24) is 20.4 Å². The average Bonchev–Trinajstić information content (AvgIpc) is 3.12. The van der Waals surface area contributed by atoms with Crippen LogP contribution in [0.3, 0.4) is 0 Å². The summed E-state index contributed by atoms with van der Waals surface area (Å²) in [6.45, 7) is 13.5. The van der Waals surface area contributed by atoms with Crippen molar-refractivity contribution in [2.24, 2.45) is 16.8 Å². The Balaban J connectivity index is 0.00000364. The van der Waals surface area contributed by atoms with Gasteiger partial charge in [0.25, 0.3) is 0 Å². The highest BCUT2D eigenvalue weighted by Gasteiger charge is 2.25. The minimum Gasteiger partial charge on any atom is -0.356 e. The summed E-state index contributed by atoms with van der Waals surface area (Å²) in [5, 5.41) is 9.22. The fraction of sp³-hybridized carbons (Fsp3) is 0.750. The van der Waals surface area contributed by atoms with Gasteiger partial charge in [0.1, 0.15) is 0 Å². The summed E-state index contributed by atoms with van der Waals surface area (Å²) in [5.41, 5.74) is 0. The lowest BCUT2D eigenvalue weighted by atomic mass is 10.0. The van der Waals surface area contributed by atoms with Crippen LogP contribution in [-0.4, -0.2) is 75.2 Å². The van der Waals surface area contributed by atoms with Gasteiger partial charge in [0, 0.05) is 57.2 Å². The van der Waals surface area contributed by atoms with Gasteiger partial charge in [-0.3, -0.25) is 9.89 Å². The lowest BCUT2D eigenvalue weighted by Crippen LogP contribution is -2.55. The van der Waals surface area contributed by atoms with Crippen molar-refractivity contribution in [2.75, 3.05) is 53.4 Å². The molecule has 27 heavy (non-hydrogen) atoms. The van der Waals surface area contributed by atoms with Crippen LogP contribution in [0.5, 0.6) is 0 Å². The quantitative estimate of drug-likeness (QED) is 0.323. The molecule has 156 valence electrons. The van der Waals surface area contributed by atoms with Crippen molar-refractivity contribution in [2.45, 2.75) is 33.2 Å². The predicted molar refractivity (Wildman–Crippen MR) is 130 cm³/mol. The molecule has 1 saturated heterocycles. The standard InChI is InChI=1S/C20H37N5S.HI/c1-16(2)19(25-10-8-24(5)9-11-25)15-23-20(21-4)22-14-17(3)13-18-7-6-12-26-18;/h6-7,12,16-17,19H,8-11,13-15H2,1-5H3,(H2,21,22,23);1H. The predicted octanol–water partition coefficient (Wildman–Crippen LogP) is 2.98. The van der Waals surface area contributed by atoms with Crippen LogP contribution in [-0.2, 0) is 6.42 Å². The van der Waals surface area contributed by atoms with E-state index >= 15 is 0 Å². The van der Waals surface area contributed by atoms with E-state index in [1.165, 1.54) is 4.88 Å². The van der Waals surface area contributed by atoms with E-state index in [4.69, 9.17) is 0 Å². The first kappa shape index (κ1) is 24.7. The minimum absolute atomic E-state index is 0. The zero-order valence-corrected chi connectivity index (χ0v) is 20.7. The van der Waals surface area contributed by atoms with Gasteiger partial charge in [-0.05, 0) is 36.8 Å². The fourth-order valence-corrected chi connectivity index (χ4v) is 4.35. The highest BCUT2D eigenvalue weighted by molar-refractivity contribution is 14.0. The van der Waals surface area contributed by atoms with Crippen molar-refractivity contribution in [3.05, 3.63) is 22.4 Å². The maximum atomic E-state index is 4.42. The zero-order valence-electron chi connectivity index (χ0n) is 17.6. The van der Waals surface area contributed by atoms with Crippen molar-refractivity contribution in [3.63, 3.8) is 0 Å². The van der Waals surface area contributed by atoms with E-state index in [1.54, 1.807) is 0 Å². The monoisotopic (exact) mass is 507 g/mol. The zero-order chi connectivity index (χ0) is 18.9. The molecule has 0 spiro atoms. The molecule has 7 heteroatoms. The molecule has 2 heterocycles. The summed E-state index contributed by atoms with van der Waals surface area (Å²) < 4.78 is 0. The van der Waals surface area contributed by atoms with Crippen molar-refractivity contribution in [1.29, 1.82) is 0 Å². The third kappa shape index (κ3) is 8.66. The summed E-state index contributed by atoms with van der Waals surface area (Å²) in [6.07, 6.45) is 1.12. The second-order valence-corrected chi connectivity index (χ2v) is 8.91. The molecule has 0 saturated carbocycles. The third-order valence-electron chi connectivity index (χ3n) is 5.23. The lowest BCUT2D eigenvalue weighted by Gasteiger charge is -2.40. The maximum Gasteiger partial charge on any atom is 0.191 e. The molecular weight excluding hydrogens is 469 g/mol. The van der Waals surface area contributed by atoms with E-state index in [0.717, 1.165) is 51.6 Å². The third-order valence-corrected chi connectivity index (χ3v) is 6.13. The van der Waals surface area contributed by atoms with Crippen LogP contribution >= 0.6 is 35.3 Å². The van der Waals surface area contributed by atoms with E-state index in [0.29, 0.717) is 17.9 Å². The first-order valence-electron chi connectivity index (χ1n) is 9.89. The molecule has 1 aromatic rings. The van der Waals surface area contributed by atoms with E-state index in [-0.39, 0.29) is 24.0 Å². The number of halogens is 1. The molecule has 1 fully saturated rings. The number of hydrogen-bond donors (Lipinski definition) is 2. The van der Waals surface area contributed by atoms with Crippen LogP contribution in [0.25, 0.3) is 0 Å². The van der Waals surface area contributed by atoms with Crippen LogP contribution in [0, 0.1) is 11.8 Å². The molecule has 2 atom stereocenters. The smallest absolute Gasteiger partial charge is 0.191 e. The molecule has 2 unspecified atom stereocenters. The van der Waals surface area contributed by atoms with Gasteiger partial charge >= 0.3 is 0 Å². The van der Waals surface area contributed by atoms with Gasteiger partial charge < -0.3 is 15.5 Å². The van der Waals surface area contributed by atoms with Gasteiger partial charge in [-0.15, -0.1) is 35.3 Å². The van der Waals surface area contributed by atoms with Gasteiger partial charge in [0.2, 0.25) is 0 Å². The number of nitrogens with zero attached hydrogens (tertiary/aromatic N) is 3. The Bertz CT molecular complexity index is 526. The SMILES string of the molecule is CN=C(NCC(C)Cc1cccs1)NCC(C(C)C)N1CCN(C)CC1.I. The highest BCUT2D eigenvalue weighted by atomic mass is 127. The largest absolute Gasteiger partial charge is 0.356 e. The van der Waals surface area contributed by atoms with Crippen LogP contribution in [0.4, 0.5) is 0 Å². The van der Waals surface area contributed by atoms with Gasteiger partial charge in [-0.1, -0.05) is 26.8 Å². The van der Waals surface area contributed by atoms with Crippen LogP contribution in [0.2, 0.25) is 0 Å². The average molecular weight is 508 g/mol. The maximum absolute atomic E-state index is 4.42. The first-order valence-corrected chi connectivity index (χ1v) is 10.8. The molecule has 0 bridgehead atoms. The molecular formula is C20H38IN5S. The Kier molecular flexibility index (Phi) is 11.8. The fourth-order valence-electron chi connectivity index (χ4n) is 3.48. The second kappa shape index (κ2) is 13.0. The van der Waals surface area contributed by atoms with E-state index in [9.17, 15) is 0 Å². The number of piperazine rings is 1. The Hall–Kier alpha value is -0.380. The van der Waals surface area contributed by atoms with Crippen LogP contribution < -0.4 is 10.6 Å². The molecule has 1 aliphatic rings. The molecule has 1 aliphatic heterocycles. The molecule has 2 rings (SSSR count). The van der Waals surface area contributed by atoms with Crippen molar-refractivity contribution >= 4 is 41.3 Å². The Morgan fingerprint density at radius 1 is 1.15 bits per heavy atom. The lowest BCUT2D eigenvalue weighted by molar-refractivity contribution is 0.0900. The Labute approximate surface area is 187 Å².